The van der Waals surface area contributed by atoms with Crippen LogP contribution in [0.1, 0.15) is 69.8 Å². The molecular weight excluding hydrogens is 351 g/mol. The molecule has 0 aliphatic heterocycles. The van der Waals surface area contributed by atoms with Crippen LogP contribution in [-0.4, -0.2) is 6.36 Å². The third kappa shape index (κ3) is 4.49. The van der Waals surface area contributed by atoms with Gasteiger partial charge in [0.25, 0.3) is 0 Å². The summed E-state index contributed by atoms with van der Waals surface area (Å²) in [6.45, 7) is 2.28. The Balaban J connectivity index is 1.67. The molecule has 2 aliphatic carbocycles. The van der Waals surface area contributed by atoms with E-state index in [-0.39, 0.29) is 11.5 Å². The molecule has 2 saturated carbocycles. The van der Waals surface area contributed by atoms with E-state index in [4.69, 9.17) is 0 Å². The summed E-state index contributed by atoms with van der Waals surface area (Å²) in [6, 6.07) is 2.13. The van der Waals surface area contributed by atoms with E-state index in [0.717, 1.165) is 37.7 Å². The maximum absolute atomic E-state index is 14.5. The summed E-state index contributed by atoms with van der Waals surface area (Å²) in [5, 5.41) is 0. The molecule has 0 heterocycles. The normalized spacial score (nSPS) is 30.2. The van der Waals surface area contributed by atoms with Gasteiger partial charge in [-0.2, -0.15) is 0 Å². The zero-order chi connectivity index (χ0) is 18.9. The molecule has 0 amide bonds. The molecule has 0 unspecified atom stereocenters. The van der Waals surface area contributed by atoms with Crippen molar-refractivity contribution >= 4 is 0 Å². The second-order valence-corrected chi connectivity index (χ2v) is 7.96. The van der Waals surface area contributed by atoms with Crippen molar-refractivity contribution in [2.45, 2.75) is 70.6 Å². The van der Waals surface area contributed by atoms with Crippen LogP contribution >= 0.6 is 0 Å². The van der Waals surface area contributed by atoms with Crippen LogP contribution < -0.4 is 4.74 Å². The van der Waals surface area contributed by atoms with Crippen molar-refractivity contribution in [3.63, 3.8) is 0 Å². The first-order valence-electron chi connectivity index (χ1n) is 9.48. The smallest absolute Gasteiger partial charge is 0.399 e. The Morgan fingerprint density at radius 1 is 0.846 bits per heavy atom. The molecule has 0 spiro atoms. The van der Waals surface area contributed by atoms with E-state index in [1.54, 1.807) is 0 Å². The Kier molecular flexibility index (Phi) is 5.78. The third-order valence-electron chi connectivity index (χ3n) is 6.24. The van der Waals surface area contributed by atoms with Crippen molar-refractivity contribution in [3.8, 4) is 5.75 Å². The van der Waals surface area contributed by atoms with Crippen LogP contribution in [0.4, 0.5) is 22.0 Å². The molecule has 0 bridgehead atoms. The lowest BCUT2D eigenvalue weighted by Crippen LogP contribution is -2.25. The van der Waals surface area contributed by atoms with Crippen molar-refractivity contribution in [2.75, 3.05) is 0 Å². The standard InChI is InChI=1S/C20H25F5O/c1-12-2-4-13(5-3-12)14-6-8-15(9-7-14)16-10-11-17(21)19(18(16)22)26-20(23,24)25/h10-15H,2-9H2,1H3. The summed E-state index contributed by atoms with van der Waals surface area (Å²) < 4.78 is 68.9. The van der Waals surface area contributed by atoms with Gasteiger partial charge in [0, 0.05) is 0 Å². The number of halogens is 5. The molecule has 0 radical (unpaired) electrons. The lowest BCUT2D eigenvalue weighted by molar-refractivity contribution is -0.276. The van der Waals surface area contributed by atoms with E-state index < -0.39 is 23.7 Å². The largest absolute Gasteiger partial charge is 0.573 e. The zero-order valence-electron chi connectivity index (χ0n) is 14.9. The van der Waals surface area contributed by atoms with Gasteiger partial charge < -0.3 is 4.74 Å². The second-order valence-electron chi connectivity index (χ2n) is 7.96. The SMILES string of the molecule is CC1CCC(C2CCC(c3ccc(F)c(OC(F)(F)F)c3F)CC2)CC1. The molecule has 1 aromatic carbocycles. The fourth-order valence-corrected chi connectivity index (χ4v) is 4.73. The first-order valence-corrected chi connectivity index (χ1v) is 9.48. The first-order chi connectivity index (χ1) is 12.2. The van der Waals surface area contributed by atoms with Crippen LogP contribution in [0.3, 0.4) is 0 Å². The van der Waals surface area contributed by atoms with Crippen LogP contribution in [0.15, 0.2) is 12.1 Å². The molecule has 0 saturated heterocycles. The van der Waals surface area contributed by atoms with E-state index in [1.165, 1.54) is 31.7 Å². The minimum Gasteiger partial charge on any atom is -0.399 e. The predicted molar refractivity (Wildman–Crippen MR) is 88.9 cm³/mol. The number of alkyl halides is 3. The monoisotopic (exact) mass is 376 g/mol. The zero-order valence-corrected chi connectivity index (χ0v) is 14.9. The Morgan fingerprint density at radius 2 is 1.38 bits per heavy atom. The molecule has 0 aromatic heterocycles. The Hall–Kier alpha value is -1.33. The van der Waals surface area contributed by atoms with E-state index in [2.05, 4.69) is 11.7 Å². The van der Waals surface area contributed by atoms with Gasteiger partial charge in [0.2, 0.25) is 5.75 Å². The van der Waals surface area contributed by atoms with Crippen LogP contribution in [0.2, 0.25) is 0 Å². The van der Waals surface area contributed by atoms with Crippen molar-refractivity contribution < 1.29 is 26.7 Å². The lowest BCUT2D eigenvalue weighted by atomic mass is 9.68. The highest BCUT2D eigenvalue weighted by molar-refractivity contribution is 5.35. The minimum atomic E-state index is -5.11. The summed E-state index contributed by atoms with van der Waals surface area (Å²) in [7, 11) is 0. The van der Waals surface area contributed by atoms with Crippen molar-refractivity contribution in [1.29, 1.82) is 0 Å². The highest BCUT2D eigenvalue weighted by atomic mass is 19.4. The summed E-state index contributed by atoms with van der Waals surface area (Å²) in [6.07, 6.45) is 3.25. The maximum atomic E-state index is 14.5. The van der Waals surface area contributed by atoms with Crippen LogP contribution in [-0.2, 0) is 0 Å². The van der Waals surface area contributed by atoms with Gasteiger partial charge in [-0.15, -0.1) is 13.2 Å². The van der Waals surface area contributed by atoms with Gasteiger partial charge in [0.05, 0.1) is 0 Å². The highest BCUT2D eigenvalue weighted by Crippen LogP contribution is 2.45. The van der Waals surface area contributed by atoms with E-state index in [9.17, 15) is 22.0 Å². The van der Waals surface area contributed by atoms with E-state index in [0.29, 0.717) is 11.8 Å². The molecule has 0 N–H and O–H groups in total. The fraction of sp³-hybridized carbons (Fsp3) is 0.700. The Morgan fingerprint density at radius 3 is 1.92 bits per heavy atom. The summed E-state index contributed by atoms with van der Waals surface area (Å²) in [5.74, 6) is -1.92. The number of ether oxygens (including phenoxy) is 1. The molecule has 0 atom stereocenters. The summed E-state index contributed by atoms with van der Waals surface area (Å²) in [4.78, 5) is 0. The van der Waals surface area contributed by atoms with Crippen LogP contribution in [0.25, 0.3) is 0 Å². The number of rotatable bonds is 3. The molecule has 3 rings (SSSR count). The number of hydrogen-bond donors (Lipinski definition) is 0. The summed E-state index contributed by atoms with van der Waals surface area (Å²) in [5.41, 5.74) is 0.140. The molecule has 6 heteroatoms. The lowest BCUT2D eigenvalue weighted by Gasteiger charge is -2.37. The highest BCUT2D eigenvalue weighted by Gasteiger charge is 2.36. The number of benzene rings is 1. The van der Waals surface area contributed by atoms with Crippen molar-refractivity contribution in [3.05, 3.63) is 29.3 Å². The Bertz CT molecular complexity index is 611. The topological polar surface area (TPSA) is 9.23 Å². The van der Waals surface area contributed by atoms with E-state index in [1.807, 2.05) is 0 Å². The second kappa shape index (κ2) is 7.73. The molecule has 1 aromatic rings. The fourth-order valence-electron chi connectivity index (χ4n) is 4.73. The molecule has 26 heavy (non-hydrogen) atoms. The molecule has 2 aliphatic rings. The minimum absolute atomic E-state index is 0.140. The summed E-state index contributed by atoms with van der Waals surface area (Å²) >= 11 is 0. The van der Waals surface area contributed by atoms with Gasteiger partial charge in [-0.05, 0) is 73.8 Å². The van der Waals surface area contributed by atoms with Gasteiger partial charge in [-0.3, -0.25) is 0 Å². The molecular formula is C20H25F5O. The molecule has 2 fully saturated rings. The van der Waals surface area contributed by atoms with Crippen LogP contribution in [0, 0.1) is 29.4 Å². The average Bonchev–Trinajstić information content (AvgIpc) is 2.59. The quantitative estimate of drug-likeness (QED) is 0.518. The molecule has 1 nitrogen and oxygen atoms in total. The Labute approximate surface area is 150 Å². The van der Waals surface area contributed by atoms with Crippen molar-refractivity contribution in [1.82, 2.24) is 0 Å². The van der Waals surface area contributed by atoms with Gasteiger partial charge in [-0.25, -0.2) is 8.78 Å². The average molecular weight is 376 g/mol. The molecule has 146 valence electrons. The van der Waals surface area contributed by atoms with Crippen LogP contribution in [0.5, 0.6) is 5.75 Å². The van der Waals surface area contributed by atoms with Gasteiger partial charge in [-0.1, -0.05) is 25.8 Å². The third-order valence-corrected chi connectivity index (χ3v) is 6.24. The van der Waals surface area contributed by atoms with Gasteiger partial charge in [0.15, 0.2) is 11.6 Å². The predicted octanol–water partition coefficient (Wildman–Crippen LogP) is 6.96. The van der Waals surface area contributed by atoms with Gasteiger partial charge in [0.1, 0.15) is 0 Å². The van der Waals surface area contributed by atoms with Gasteiger partial charge >= 0.3 is 6.36 Å². The maximum Gasteiger partial charge on any atom is 0.573 e. The first kappa shape index (κ1) is 19.4. The van der Waals surface area contributed by atoms with E-state index >= 15 is 0 Å². The van der Waals surface area contributed by atoms with Crippen molar-refractivity contribution in [2.24, 2.45) is 17.8 Å². The number of hydrogen-bond acceptors (Lipinski definition) is 1.